The zero-order valence-electron chi connectivity index (χ0n) is 20.3. The van der Waals surface area contributed by atoms with E-state index in [2.05, 4.69) is 10.6 Å². The maximum Gasteiger partial charge on any atom is 0.416 e. The highest BCUT2D eigenvalue weighted by molar-refractivity contribution is 5.92. The molecule has 2 rings (SSSR count). The van der Waals surface area contributed by atoms with Crippen molar-refractivity contribution in [2.45, 2.75) is 77.5 Å². The predicted octanol–water partition coefficient (Wildman–Crippen LogP) is 2.99. The fourth-order valence-corrected chi connectivity index (χ4v) is 3.96. The fraction of sp³-hybridized carbons (Fsp3) is 0.625. The Morgan fingerprint density at radius 2 is 1.71 bits per heavy atom. The SMILES string of the molecule is CC(C)[C@H](NC(=O)OCc1ccccc1)C(=O)N1CCC[C@H]1C(=O)N[C@@H](C(C)C)[C@@H](O)C(F)(F)F. The van der Waals surface area contributed by atoms with Gasteiger partial charge in [0.1, 0.15) is 18.7 Å². The smallest absolute Gasteiger partial charge is 0.416 e. The number of aliphatic hydroxyl groups is 1. The third-order valence-corrected chi connectivity index (χ3v) is 5.96. The Morgan fingerprint density at radius 1 is 1.09 bits per heavy atom. The van der Waals surface area contributed by atoms with Crippen molar-refractivity contribution >= 4 is 17.9 Å². The average Bonchev–Trinajstić information content (AvgIpc) is 3.28. The number of alkyl carbamates (subject to hydrolysis) is 1. The number of ether oxygens (including phenoxy) is 1. The van der Waals surface area contributed by atoms with Crippen molar-refractivity contribution in [3.63, 3.8) is 0 Å². The van der Waals surface area contributed by atoms with Crippen LogP contribution in [0.3, 0.4) is 0 Å². The summed E-state index contributed by atoms with van der Waals surface area (Å²) < 4.78 is 44.4. The van der Waals surface area contributed by atoms with Gasteiger partial charge in [0.05, 0.1) is 6.04 Å². The van der Waals surface area contributed by atoms with E-state index in [1.807, 2.05) is 6.07 Å². The van der Waals surface area contributed by atoms with Crippen LogP contribution in [0.4, 0.5) is 18.0 Å². The number of halogens is 3. The van der Waals surface area contributed by atoms with E-state index in [1.165, 1.54) is 18.7 Å². The minimum Gasteiger partial charge on any atom is -0.445 e. The number of alkyl halides is 3. The van der Waals surface area contributed by atoms with E-state index in [0.717, 1.165) is 5.56 Å². The van der Waals surface area contributed by atoms with Crippen molar-refractivity contribution in [2.75, 3.05) is 6.54 Å². The zero-order valence-corrected chi connectivity index (χ0v) is 20.3. The summed E-state index contributed by atoms with van der Waals surface area (Å²) in [5, 5.41) is 14.5. The fourth-order valence-electron chi connectivity index (χ4n) is 3.96. The van der Waals surface area contributed by atoms with E-state index in [-0.39, 0.29) is 25.5 Å². The Hall–Kier alpha value is -2.82. The second-order valence-electron chi connectivity index (χ2n) is 9.38. The van der Waals surface area contributed by atoms with Gasteiger partial charge in [0.15, 0.2) is 6.10 Å². The topological polar surface area (TPSA) is 108 Å². The van der Waals surface area contributed by atoms with E-state index in [1.54, 1.807) is 38.1 Å². The molecule has 3 N–H and O–H groups in total. The molecule has 1 aliphatic rings. The Morgan fingerprint density at radius 3 is 2.26 bits per heavy atom. The molecule has 1 aromatic carbocycles. The maximum absolute atomic E-state index is 13.3. The van der Waals surface area contributed by atoms with Crippen molar-refractivity contribution in [3.8, 4) is 0 Å². The number of nitrogens with one attached hydrogen (secondary N) is 2. The van der Waals surface area contributed by atoms with Crippen LogP contribution in [0.15, 0.2) is 30.3 Å². The quantitative estimate of drug-likeness (QED) is 0.482. The number of hydrogen-bond acceptors (Lipinski definition) is 5. The summed E-state index contributed by atoms with van der Waals surface area (Å²) >= 11 is 0. The first-order valence-corrected chi connectivity index (χ1v) is 11.7. The van der Waals surface area contributed by atoms with Crippen LogP contribution in [0.1, 0.15) is 46.1 Å². The minimum absolute atomic E-state index is 0.0124. The predicted molar refractivity (Wildman–Crippen MR) is 122 cm³/mol. The molecule has 1 saturated heterocycles. The summed E-state index contributed by atoms with van der Waals surface area (Å²) in [5.74, 6) is -2.34. The van der Waals surface area contributed by atoms with Crippen molar-refractivity contribution in [3.05, 3.63) is 35.9 Å². The first-order chi connectivity index (χ1) is 16.3. The molecular formula is C24H34F3N3O5. The van der Waals surface area contributed by atoms with Crippen LogP contribution in [0.2, 0.25) is 0 Å². The number of amides is 3. The van der Waals surface area contributed by atoms with Crippen molar-refractivity contribution < 1.29 is 37.4 Å². The number of carbonyl (C=O) groups is 3. The standard InChI is InChI=1S/C24H34F3N3O5/c1-14(2)18(20(31)24(25,26)27)28-21(32)17-11-8-12-30(17)22(33)19(15(3)4)29-23(34)35-13-16-9-6-5-7-10-16/h5-7,9-10,14-15,17-20,31H,8,11-13H2,1-4H3,(H,28,32)(H,29,34)/t17-,18-,19-,20+/m0/s1. The van der Waals surface area contributed by atoms with Crippen LogP contribution in [0.25, 0.3) is 0 Å². The Labute approximate surface area is 203 Å². The molecule has 0 spiro atoms. The molecule has 35 heavy (non-hydrogen) atoms. The molecule has 0 saturated carbocycles. The summed E-state index contributed by atoms with van der Waals surface area (Å²) in [5.41, 5.74) is 0.770. The molecule has 8 nitrogen and oxygen atoms in total. The molecule has 196 valence electrons. The minimum atomic E-state index is -4.90. The van der Waals surface area contributed by atoms with Crippen LogP contribution in [0.5, 0.6) is 0 Å². The molecule has 0 aromatic heterocycles. The largest absolute Gasteiger partial charge is 0.445 e. The molecule has 11 heteroatoms. The summed E-state index contributed by atoms with van der Waals surface area (Å²) in [4.78, 5) is 39.8. The van der Waals surface area contributed by atoms with Crippen LogP contribution >= 0.6 is 0 Å². The lowest BCUT2D eigenvalue weighted by Gasteiger charge is -2.33. The summed E-state index contributed by atoms with van der Waals surface area (Å²) in [7, 11) is 0. The Balaban J connectivity index is 2.07. The number of rotatable bonds is 9. The Kier molecular flexibility index (Phi) is 9.93. The average molecular weight is 502 g/mol. The number of likely N-dealkylation sites (tertiary alicyclic amines) is 1. The zero-order chi connectivity index (χ0) is 26.3. The molecule has 1 aromatic rings. The molecule has 1 fully saturated rings. The van der Waals surface area contributed by atoms with Crippen LogP contribution in [0, 0.1) is 11.8 Å². The van der Waals surface area contributed by atoms with Crippen LogP contribution in [-0.4, -0.2) is 64.9 Å². The normalized spacial score (nSPS) is 18.8. The van der Waals surface area contributed by atoms with Gasteiger partial charge in [-0.1, -0.05) is 58.0 Å². The number of aliphatic hydroxyl groups excluding tert-OH is 1. The number of benzene rings is 1. The first kappa shape index (κ1) is 28.4. The highest BCUT2D eigenvalue weighted by Gasteiger charge is 2.47. The molecule has 0 aliphatic carbocycles. The van der Waals surface area contributed by atoms with E-state index < -0.39 is 54.2 Å². The van der Waals surface area contributed by atoms with Gasteiger partial charge in [-0.15, -0.1) is 0 Å². The van der Waals surface area contributed by atoms with Crippen molar-refractivity contribution in [1.29, 1.82) is 0 Å². The van der Waals surface area contributed by atoms with Crippen molar-refractivity contribution in [1.82, 2.24) is 15.5 Å². The molecule has 0 radical (unpaired) electrons. The highest BCUT2D eigenvalue weighted by Crippen LogP contribution is 2.27. The van der Waals surface area contributed by atoms with Crippen LogP contribution in [-0.2, 0) is 20.9 Å². The molecular weight excluding hydrogens is 467 g/mol. The second kappa shape index (κ2) is 12.2. The van der Waals surface area contributed by atoms with E-state index in [9.17, 15) is 32.7 Å². The maximum atomic E-state index is 13.3. The van der Waals surface area contributed by atoms with Crippen molar-refractivity contribution in [2.24, 2.45) is 11.8 Å². The van der Waals surface area contributed by atoms with Crippen LogP contribution < -0.4 is 10.6 Å². The van der Waals surface area contributed by atoms with Gasteiger partial charge in [-0.3, -0.25) is 9.59 Å². The molecule has 0 bridgehead atoms. The second-order valence-corrected chi connectivity index (χ2v) is 9.38. The molecule has 1 heterocycles. The lowest BCUT2D eigenvalue weighted by molar-refractivity contribution is -0.215. The monoisotopic (exact) mass is 501 g/mol. The molecule has 4 atom stereocenters. The van der Waals surface area contributed by atoms with Gasteiger partial charge in [0.25, 0.3) is 0 Å². The van der Waals surface area contributed by atoms with Gasteiger partial charge in [-0.25, -0.2) is 4.79 Å². The lowest BCUT2D eigenvalue weighted by atomic mass is 9.97. The molecule has 3 amide bonds. The molecule has 0 unspecified atom stereocenters. The number of hydrogen-bond donors (Lipinski definition) is 3. The first-order valence-electron chi connectivity index (χ1n) is 11.7. The third kappa shape index (κ3) is 7.84. The lowest BCUT2D eigenvalue weighted by Crippen LogP contribution is -2.59. The number of nitrogens with zero attached hydrogens (tertiary/aromatic N) is 1. The third-order valence-electron chi connectivity index (χ3n) is 5.96. The van der Waals surface area contributed by atoms with Gasteiger partial charge in [0.2, 0.25) is 11.8 Å². The summed E-state index contributed by atoms with van der Waals surface area (Å²) in [6.07, 6.45) is -7.70. The van der Waals surface area contributed by atoms with E-state index in [4.69, 9.17) is 4.74 Å². The van der Waals surface area contributed by atoms with E-state index >= 15 is 0 Å². The van der Waals surface area contributed by atoms with Gasteiger partial charge in [-0.05, 0) is 30.2 Å². The van der Waals surface area contributed by atoms with E-state index in [0.29, 0.717) is 6.42 Å². The van der Waals surface area contributed by atoms with Gasteiger partial charge in [0, 0.05) is 6.54 Å². The van der Waals surface area contributed by atoms with Gasteiger partial charge >= 0.3 is 12.3 Å². The highest BCUT2D eigenvalue weighted by atomic mass is 19.4. The Bertz CT molecular complexity index is 864. The number of carbonyl (C=O) groups excluding carboxylic acids is 3. The van der Waals surface area contributed by atoms with Gasteiger partial charge < -0.3 is 25.4 Å². The summed E-state index contributed by atoms with van der Waals surface area (Å²) in [6, 6.07) is 5.43. The molecule has 1 aliphatic heterocycles. The van der Waals surface area contributed by atoms with Gasteiger partial charge in [-0.2, -0.15) is 13.2 Å². The summed E-state index contributed by atoms with van der Waals surface area (Å²) in [6.45, 7) is 6.58.